The van der Waals surface area contributed by atoms with Crippen molar-refractivity contribution in [3.63, 3.8) is 0 Å². The molecule has 0 aliphatic rings. The number of likely N-dealkylation sites (N-methyl/N-ethyl adjacent to an activating group) is 1. The van der Waals surface area contributed by atoms with E-state index in [4.69, 9.17) is 4.74 Å². The zero-order valence-electron chi connectivity index (χ0n) is 12.1. The Morgan fingerprint density at radius 2 is 2.11 bits per heavy atom. The van der Waals surface area contributed by atoms with Gasteiger partial charge in [-0.05, 0) is 30.7 Å². The maximum absolute atomic E-state index is 13.5. The second-order valence-corrected chi connectivity index (χ2v) is 4.99. The Kier molecular flexibility index (Phi) is 5.96. The maximum atomic E-state index is 13.5. The Bertz CT molecular complexity index is 432. The molecule has 0 bridgehead atoms. The quantitative estimate of drug-likeness (QED) is 0.711. The lowest BCUT2D eigenvalue weighted by Gasteiger charge is -2.21. The topological polar surface area (TPSA) is 29.5 Å². The van der Waals surface area contributed by atoms with Gasteiger partial charge < -0.3 is 4.74 Å². The van der Waals surface area contributed by atoms with Gasteiger partial charge in [-0.25, -0.2) is 4.39 Å². The van der Waals surface area contributed by atoms with Gasteiger partial charge in [0.2, 0.25) is 0 Å². The summed E-state index contributed by atoms with van der Waals surface area (Å²) in [6, 6.07) is 4.33. The molecular weight excluding hydrogens is 245 g/mol. The summed E-state index contributed by atoms with van der Waals surface area (Å²) in [5, 5.41) is 0. The fraction of sp³-hybridized carbons (Fsp3) is 0.533. The monoisotopic (exact) mass is 267 g/mol. The van der Waals surface area contributed by atoms with Gasteiger partial charge in [-0.1, -0.05) is 20.8 Å². The summed E-state index contributed by atoms with van der Waals surface area (Å²) in [5.41, 5.74) is 0.389. The van der Waals surface area contributed by atoms with Gasteiger partial charge in [0.15, 0.2) is 17.3 Å². The Hall–Kier alpha value is -1.42. The first kappa shape index (κ1) is 15.6. The van der Waals surface area contributed by atoms with Gasteiger partial charge in [0.05, 0.1) is 13.7 Å². The average Bonchev–Trinajstić information content (AvgIpc) is 2.37. The van der Waals surface area contributed by atoms with Crippen molar-refractivity contribution in [1.82, 2.24) is 4.90 Å². The molecule has 0 aromatic heterocycles. The molecule has 1 aromatic carbocycles. The molecular formula is C15H22FNO2. The van der Waals surface area contributed by atoms with Crippen LogP contribution in [0.1, 0.15) is 31.1 Å². The van der Waals surface area contributed by atoms with Crippen LogP contribution in [0, 0.1) is 11.7 Å². The minimum Gasteiger partial charge on any atom is -0.494 e. The van der Waals surface area contributed by atoms with Gasteiger partial charge in [-0.2, -0.15) is 0 Å². The molecule has 1 aromatic rings. The van der Waals surface area contributed by atoms with E-state index in [1.54, 1.807) is 6.07 Å². The second kappa shape index (κ2) is 7.24. The molecule has 0 saturated heterocycles. The molecule has 106 valence electrons. The molecule has 0 radical (unpaired) electrons. The summed E-state index contributed by atoms with van der Waals surface area (Å²) in [5.74, 6) is 0.0933. The Morgan fingerprint density at radius 1 is 1.42 bits per heavy atom. The zero-order chi connectivity index (χ0) is 14.4. The van der Waals surface area contributed by atoms with Crippen LogP contribution in [-0.4, -0.2) is 37.4 Å². The molecule has 0 N–H and O–H groups in total. The van der Waals surface area contributed by atoms with E-state index in [1.165, 1.54) is 19.2 Å². The molecule has 0 aliphatic heterocycles. The predicted octanol–water partition coefficient (Wildman–Crippen LogP) is 2.99. The average molecular weight is 267 g/mol. The van der Waals surface area contributed by atoms with E-state index in [2.05, 4.69) is 18.7 Å². The number of rotatable bonds is 7. The number of benzene rings is 1. The highest BCUT2D eigenvalue weighted by Gasteiger charge is 2.14. The van der Waals surface area contributed by atoms with Crippen LogP contribution in [0.15, 0.2) is 18.2 Å². The first-order chi connectivity index (χ1) is 8.97. The molecule has 0 amide bonds. The summed E-state index contributed by atoms with van der Waals surface area (Å²) >= 11 is 0. The van der Waals surface area contributed by atoms with E-state index in [9.17, 15) is 9.18 Å². The highest BCUT2D eigenvalue weighted by molar-refractivity contribution is 5.97. The molecule has 0 atom stereocenters. The zero-order valence-corrected chi connectivity index (χ0v) is 12.1. The van der Waals surface area contributed by atoms with E-state index in [0.29, 0.717) is 18.0 Å². The lowest BCUT2D eigenvalue weighted by atomic mass is 10.1. The van der Waals surface area contributed by atoms with Crippen LogP contribution in [-0.2, 0) is 0 Å². The van der Waals surface area contributed by atoms with Crippen molar-refractivity contribution in [3.8, 4) is 5.75 Å². The molecule has 4 heteroatoms. The number of nitrogens with zero attached hydrogens (tertiary/aromatic N) is 1. The van der Waals surface area contributed by atoms with Crippen molar-refractivity contribution in [2.45, 2.75) is 20.8 Å². The van der Waals surface area contributed by atoms with Crippen LogP contribution in [0.3, 0.4) is 0 Å². The predicted molar refractivity (Wildman–Crippen MR) is 74.2 cm³/mol. The third-order valence-electron chi connectivity index (χ3n) is 2.91. The number of Topliss-reactive ketones (excluding diaryl/α,β-unsaturated/α-hetero) is 1. The number of ketones is 1. The summed E-state index contributed by atoms with van der Waals surface area (Å²) in [4.78, 5) is 14.2. The fourth-order valence-corrected chi connectivity index (χ4v) is 1.96. The highest BCUT2D eigenvalue weighted by atomic mass is 19.1. The maximum Gasteiger partial charge on any atom is 0.176 e. The minimum absolute atomic E-state index is 0.0657. The Balaban J connectivity index is 2.74. The van der Waals surface area contributed by atoms with Crippen molar-refractivity contribution in [2.75, 3.05) is 26.7 Å². The standard InChI is InChI=1S/C15H22FNO2/c1-5-17(9-11(2)3)10-14(18)12-6-7-15(19-4)13(16)8-12/h6-8,11H,5,9-10H2,1-4H3. The van der Waals surface area contributed by atoms with Crippen molar-refractivity contribution in [2.24, 2.45) is 5.92 Å². The van der Waals surface area contributed by atoms with Crippen LogP contribution in [0.4, 0.5) is 4.39 Å². The van der Waals surface area contributed by atoms with Crippen LogP contribution < -0.4 is 4.74 Å². The van der Waals surface area contributed by atoms with Gasteiger partial charge >= 0.3 is 0 Å². The Labute approximate surface area is 114 Å². The third-order valence-corrected chi connectivity index (χ3v) is 2.91. The van der Waals surface area contributed by atoms with E-state index in [-0.39, 0.29) is 11.5 Å². The number of carbonyl (C=O) groups is 1. The first-order valence-electron chi connectivity index (χ1n) is 6.57. The number of hydrogen-bond acceptors (Lipinski definition) is 3. The summed E-state index contributed by atoms with van der Waals surface area (Å²) < 4.78 is 18.4. The lowest BCUT2D eigenvalue weighted by Crippen LogP contribution is -2.32. The van der Waals surface area contributed by atoms with E-state index < -0.39 is 5.82 Å². The van der Waals surface area contributed by atoms with Gasteiger partial charge in [0.25, 0.3) is 0 Å². The number of carbonyl (C=O) groups excluding carboxylic acids is 1. The highest BCUT2D eigenvalue weighted by Crippen LogP contribution is 2.18. The summed E-state index contributed by atoms with van der Waals surface area (Å²) in [6.07, 6.45) is 0. The molecule has 0 heterocycles. The lowest BCUT2D eigenvalue weighted by molar-refractivity contribution is 0.0926. The minimum atomic E-state index is -0.500. The van der Waals surface area contributed by atoms with Gasteiger partial charge in [-0.3, -0.25) is 9.69 Å². The van der Waals surface area contributed by atoms with Crippen LogP contribution in [0.2, 0.25) is 0 Å². The number of halogens is 1. The van der Waals surface area contributed by atoms with Crippen LogP contribution >= 0.6 is 0 Å². The van der Waals surface area contributed by atoms with Gasteiger partial charge in [-0.15, -0.1) is 0 Å². The SMILES string of the molecule is CCN(CC(=O)c1ccc(OC)c(F)c1)CC(C)C. The molecule has 0 aliphatic carbocycles. The van der Waals surface area contributed by atoms with Crippen LogP contribution in [0.25, 0.3) is 0 Å². The molecule has 3 nitrogen and oxygen atoms in total. The molecule has 19 heavy (non-hydrogen) atoms. The first-order valence-corrected chi connectivity index (χ1v) is 6.57. The molecule has 0 spiro atoms. The van der Waals surface area contributed by atoms with Crippen molar-refractivity contribution >= 4 is 5.78 Å². The van der Waals surface area contributed by atoms with Gasteiger partial charge in [0.1, 0.15) is 0 Å². The van der Waals surface area contributed by atoms with Crippen molar-refractivity contribution in [1.29, 1.82) is 0 Å². The number of hydrogen-bond donors (Lipinski definition) is 0. The van der Waals surface area contributed by atoms with Crippen molar-refractivity contribution < 1.29 is 13.9 Å². The Morgan fingerprint density at radius 3 is 2.58 bits per heavy atom. The van der Waals surface area contributed by atoms with E-state index >= 15 is 0 Å². The molecule has 0 fully saturated rings. The van der Waals surface area contributed by atoms with E-state index in [0.717, 1.165) is 13.1 Å². The molecule has 0 unspecified atom stereocenters. The summed E-state index contributed by atoms with van der Waals surface area (Å²) in [7, 11) is 1.40. The smallest absolute Gasteiger partial charge is 0.176 e. The fourth-order valence-electron chi connectivity index (χ4n) is 1.96. The largest absolute Gasteiger partial charge is 0.494 e. The second-order valence-electron chi connectivity index (χ2n) is 4.99. The summed E-state index contributed by atoms with van der Waals surface area (Å²) in [6.45, 7) is 8.23. The van der Waals surface area contributed by atoms with Gasteiger partial charge in [0, 0.05) is 12.1 Å². The number of ether oxygens (including phenoxy) is 1. The molecule has 0 saturated carbocycles. The molecule has 1 rings (SSSR count). The van der Waals surface area contributed by atoms with Crippen LogP contribution in [0.5, 0.6) is 5.75 Å². The number of methoxy groups -OCH3 is 1. The third kappa shape index (κ3) is 4.63. The van der Waals surface area contributed by atoms with Crippen molar-refractivity contribution in [3.05, 3.63) is 29.6 Å². The van der Waals surface area contributed by atoms with E-state index in [1.807, 2.05) is 6.92 Å². The normalized spacial score (nSPS) is 11.1.